The van der Waals surface area contributed by atoms with E-state index in [1.807, 2.05) is 65.6 Å². The van der Waals surface area contributed by atoms with Crippen molar-refractivity contribution in [1.29, 1.82) is 0 Å². The smallest absolute Gasteiger partial charge is 0.227 e. The Hall–Kier alpha value is -4.19. The largest absolute Gasteiger partial charge is 0.497 e. The Morgan fingerprint density at radius 3 is 2.30 bits per heavy atom. The predicted octanol–water partition coefficient (Wildman–Crippen LogP) is 5.61. The first-order chi connectivity index (χ1) is 18.1. The lowest BCUT2D eigenvalue weighted by molar-refractivity contribution is -0.134. The number of hydrogen-bond acceptors (Lipinski definition) is 5. The van der Waals surface area contributed by atoms with Crippen molar-refractivity contribution >= 4 is 16.7 Å². The molecule has 0 radical (unpaired) electrons. The molecule has 0 unspecified atom stereocenters. The van der Waals surface area contributed by atoms with E-state index in [1.54, 1.807) is 21.3 Å². The van der Waals surface area contributed by atoms with Crippen molar-refractivity contribution in [3.05, 3.63) is 95.6 Å². The molecule has 0 aromatic heterocycles. The molecule has 0 bridgehead atoms. The minimum Gasteiger partial charge on any atom is -0.497 e. The van der Waals surface area contributed by atoms with Crippen LogP contribution in [0, 0.1) is 0 Å². The molecule has 1 amide bonds. The maximum atomic E-state index is 13.8. The molecule has 4 aromatic carbocycles. The molecule has 37 heavy (non-hydrogen) atoms. The second-order valence-corrected chi connectivity index (χ2v) is 9.06. The minimum absolute atomic E-state index is 0.0696. The van der Waals surface area contributed by atoms with Crippen LogP contribution in [0.15, 0.2) is 78.9 Å². The van der Waals surface area contributed by atoms with Crippen LogP contribution < -0.4 is 18.9 Å². The zero-order valence-electron chi connectivity index (χ0n) is 21.4. The van der Waals surface area contributed by atoms with Crippen molar-refractivity contribution in [3.8, 4) is 23.0 Å². The molecule has 0 saturated carbocycles. The number of benzene rings is 4. The van der Waals surface area contributed by atoms with Gasteiger partial charge in [0.15, 0.2) is 11.5 Å². The van der Waals surface area contributed by atoms with Crippen LogP contribution in [0.5, 0.6) is 23.0 Å². The van der Waals surface area contributed by atoms with Gasteiger partial charge in [0.25, 0.3) is 0 Å². The van der Waals surface area contributed by atoms with Crippen molar-refractivity contribution in [2.75, 3.05) is 34.5 Å². The summed E-state index contributed by atoms with van der Waals surface area (Å²) in [5.41, 5.74) is 3.18. The van der Waals surface area contributed by atoms with Crippen LogP contribution in [-0.2, 0) is 17.6 Å². The number of carbonyl (C=O) groups excluding carboxylic acids is 1. The third-order valence-corrected chi connectivity index (χ3v) is 7.01. The average Bonchev–Trinajstić information content (AvgIpc) is 2.95. The van der Waals surface area contributed by atoms with E-state index in [0.29, 0.717) is 31.1 Å². The van der Waals surface area contributed by atoms with E-state index in [0.717, 1.165) is 45.4 Å². The van der Waals surface area contributed by atoms with E-state index in [9.17, 15) is 4.79 Å². The molecule has 1 heterocycles. The van der Waals surface area contributed by atoms with Gasteiger partial charge in [-0.05, 0) is 70.3 Å². The second kappa shape index (κ2) is 10.8. The summed E-state index contributed by atoms with van der Waals surface area (Å²) in [5.74, 6) is 2.87. The van der Waals surface area contributed by atoms with E-state index >= 15 is 0 Å². The molecule has 0 N–H and O–H groups in total. The highest BCUT2D eigenvalue weighted by Crippen LogP contribution is 2.39. The lowest BCUT2D eigenvalue weighted by Gasteiger charge is -2.38. The van der Waals surface area contributed by atoms with E-state index in [2.05, 4.69) is 18.2 Å². The van der Waals surface area contributed by atoms with Crippen LogP contribution in [0.1, 0.15) is 22.7 Å². The Morgan fingerprint density at radius 1 is 0.838 bits per heavy atom. The van der Waals surface area contributed by atoms with Gasteiger partial charge in [-0.1, -0.05) is 42.5 Å². The van der Waals surface area contributed by atoms with Gasteiger partial charge in [-0.2, -0.15) is 0 Å². The lowest BCUT2D eigenvalue weighted by Crippen LogP contribution is -2.43. The molecular formula is C31H31NO5. The monoisotopic (exact) mass is 497 g/mol. The number of fused-ring (bicyclic) bond motifs is 2. The van der Waals surface area contributed by atoms with Gasteiger partial charge in [0, 0.05) is 6.54 Å². The summed E-state index contributed by atoms with van der Waals surface area (Å²) in [6, 6.07) is 25.5. The van der Waals surface area contributed by atoms with Gasteiger partial charge in [0.1, 0.15) is 18.1 Å². The van der Waals surface area contributed by atoms with Crippen LogP contribution in [0.2, 0.25) is 0 Å². The fourth-order valence-electron chi connectivity index (χ4n) is 5.06. The number of hydrogen-bond donors (Lipinski definition) is 0. The quantitative estimate of drug-likeness (QED) is 0.317. The van der Waals surface area contributed by atoms with E-state index in [-0.39, 0.29) is 11.9 Å². The number of nitrogens with zero attached hydrogens (tertiary/aromatic N) is 1. The van der Waals surface area contributed by atoms with Crippen LogP contribution in [0.4, 0.5) is 0 Å². The Bertz CT molecular complexity index is 1390. The number of carbonyl (C=O) groups is 1. The predicted molar refractivity (Wildman–Crippen MR) is 144 cm³/mol. The maximum Gasteiger partial charge on any atom is 0.227 e. The van der Waals surface area contributed by atoms with E-state index < -0.39 is 0 Å². The number of amides is 1. The molecule has 0 saturated heterocycles. The Balaban J connectivity index is 1.46. The van der Waals surface area contributed by atoms with E-state index in [1.165, 1.54) is 0 Å². The average molecular weight is 498 g/mol. The van der Waals surface area contributed by atoms with Gasteiger partial charge in [-0.25, -0.2) is 0 Å². The minimum atomic E-state index is -0.270. The number of methoxy groups -OCH3 is 3. The van der Waals surface area contributed by atoms with E-state index in [4.69, 9.17) is 18.9 Å². The molecule has 1 aliphatic rings. The van der Waals surface area contributed by atoms with Crippen molar-refractivity contribution in [2.24, 2.45) is 0 Å². The van der Waals surface area contributed by atoms with Gasteiger partial charge in [0.05, 0.1) is 33.8 Å². The number of ether oxygens (including phenoxy) is 4. The SMILES string of the molecule is COc1ccc(OC[C@@H]2c3cc(OC)c(OC)cc3CCN2C(=O)Cc2cccc3ccccc23)cc1. The van der Waals surface area contributed by atoms with Crippen LogP contribution in [0.3, 0.4) is 0 Å². The van der Waals surface area contributed by atoms with Crippen molar-refractivity contribution in [2.45, 2.75) is 18.9 Å². The first-order valence-electron chi connectivity index (χ1n) is 12.4. The zero-order valence-corrected chi connectivity index (χ0v) is 21.4. The van der Waals surface area contributed by atoms with Gasteiger partial charge < -0.3 is 23.8 Å². The molecule has 0 fully saturated rings. The zero-order chi connectivity index (χ0) is 25.8. The first kappa shape index (κ1) is 24.5. The molecule has 6 heteroatoms. The van der Waals surface area contributed by atoms with Gasteiger partial charge in [0.2, 0.25) is 5.91 Å². The van der Waals surface area contributed by atoms with Crippen molar-refractivity contribution in [3.63, 3.8) is 0 Å². The highest BCUT2D eigenvalue weighted by atomic mass is 16.5. The molecular weight excluding hydrogens is 466 g/mol. The third kappa shape index (κ3) is 5.05. The summed E-state index contributed by atoms with van der Waals surface area (Å²) >= 11 is 0. The molecule has 0 aliphatic carbocycles. The standard InChI is InChI=1S/C31H31NO5/c1-34-24-11-13-25(14-12-24)37-20-28-27-19-30(36-3)29(35-2)17-23(27)15-16-32(28)31(33)18-22-9-6-8-21-7-4-5-10-26(21)22/h4-14,17,19,28H,15-16,18,20H2,1-3H3/t28-/m1/s1. The normalized spacial score (nSPS) is 14.7. The van der Waals surface area contributed by atoms with Gasteiger partial charge in [-0.15, -0.1) is 0 Å². The molecule has 6 nitrogen and oxygen atoms in total. The lowest BCUT2D eigenvalue weighted by atomic mass is 9.91. The Kier molecular flexibility index (Phi) is 7.17. The molecule has 4 aromatic rings. The Morgan fingerprint density at radius 2 is 1.54 bits per heavy atom. The summed E-state index contributed by atoms with van der Waals surface area (Å²) in [6.07, 6.45) is 1.05. The summed E-state index contributed by atoms with van der Waals surface area (Å²) in [4.78, 5) is 15.7. The van der Waals surface area contributed by atoms with Crippen molar-refractivity contribution in [1.82, 2.24) is 4.90 Å². The summed E-state index contributed by atoms with van der Waals surface area (Å²) in [7, 11) is 4.90. The molecule has 1 atom stereocenters. The third-order valence-electron chi connectivity index (χ3n) is 7.01. The van der Waals surface area contributed by atoms with Gasteiger partial charge in [-0.3, -0.25) is 4.79 Å². The molecule has 1 aliphatic heterocycles. The molecule has 0 spiro atoms. The van der Waals surface area contributed by atoms with Crippen LogP contribution >= 0.6 is 0 Å². The number of rotatable bonds is 8. The fourth-order valence-corrected chi connectivity index (χ4v) is 5.06. The fraction of sp³-hybridized carbons (Fsp3) is 0.258. The first-order valence-corrected chi connectivity index (χ1v) is 12.4. The highest BCUT2D eigenvalue weighted by molar-refractivity contribution is 5.90. The van der Waals surface area contributed by atoms with Crippen LogP contribution in [-0.4, -0.2) is 45.3 Å². The van der Waals surface area contributed by atoms with Crippen LogP contribution in [0.25, 0.3) is 10.8 Å². The topological polar surface area (TPSA) is 57.2 Å². The maximum absolute atomic E-state index is 13.8. The summed E-state index contributed by atoms with van der Waals surface area (Å²) < 4.78 is 22.6. The summed E-state index contributed by atoms with van der Waals surface area (Å²) in [6.45, 7) is 0.915. The molecule has 5 rings (SSSR count). The Labute approximate surface area is 217 Å². The summed E-state index contributed by atoms with van der Waals surface area (Å²) in [5, 5.41) is 2.24. The second-order valence-electron chi connectivity index (χ2n) is 9.06. The van der Waals surface area contributed by atoms with Gasteiger partial charge >= 0.3 is 0 Å². The van der Waals surface area contributed by atoms with Crippen molar-refractivity contribution < 1.29 is 23.7 Å². The highest BCUT2D eigenvalue weighted by Gasteiger charge is 2.33. The molecule has 190 valence electrons.